The van der Waals surface area contributed by atoms with Crippen LogP contribution in [-0.2, 0) is 0 Å². The Hall–Kier alpha value is -10.2. The van der Waals surface area contributed by atoms with Crippen molar-refractivity contribution in [3.05, 3.63) is 267 Å². The van der Waals surface area contributed by atoms with Crippen molar-refractivity contribution in [1.82, 2.24) is 19.5 Å². The summed E-state index contributed by atoms with van der Waals surface area (Å²) in [6.45, 7) is 0. The van der Waals surface area contributed by atoms with Crippen molar-refractivity contribution in [3.8, 4) is 84.4 Å². The van der Waals surface area contributed by atoms with Crippen LogP contribution in [0.1, 0.15) is 0 Å². The molecule has 76 heavy (non-hydrogen) atoms. The van der Waals surface area contributed by atoms with Crippen LogP contribution in [0.15, 0.2) is 271 Å². The number of nitrogens with zero attached hydrogens (tertiary/aromatic N) is 4. The maximum absolute atomic E-state index is 6.70. The van der Waals surface area contributed by atoms with E-state index in [1.807, 2.05) is 6.07 Å². The molecule has 3 heterocycles. The summed E-state index contributed by atoms with van der Waals surface area (Å²) in [5.74, 6) is 1.66. The third-order valence-electron chi connectivity index (χ3n) is 15.0. The summed E-state index contributed by atoms with van der Waals surface area (Å²) in [5, 5.41) is 8.89. The summed E-state index contributed by atoms with van der Waals surface area (Å²) < 4.78 is 8.98. The highest BCUT2D eigenvalue weighted by Crippen LogP contribution is 2.47. The minimum Gasteiger partial charge on any atom is -0.456 e. The van der Waals surface area contributed by atoms with E-state index in [9.17, 15) is 0 Å². The molecular formula is C71H44N4O. The molecule has 15 aromatic rings. The monoisotopic (exact) mass is 968 g/mol. The molecule has 0 amide bonds. The van der Waals surface area contributed by atoms with Gasteiger partial charge >= 0.3 is 0 Å². The van der Waals surface area contributed by atoms with Gasteiger partial charge in [-0.2, -0.15) is 9.97 Å². The minimum absolute atomic E-state index is 0.522. The number of benzene rings is 12. The first-order valence-electron chi connectivity index (χ1n) is 25.7. The fraction of sp³-hybridized carbons (Fsp3) is 0. The van der Waals surface area contributed by atoms with Crippen molar-refractivity contribution in [2.75, 3.05) is 0 Å². The molecule has 0 N–H and O–H groups in total. The van der Waals surface area contributed by atoms with E-state index < -0.39 is 0 Å². The lowest BCUT2D eigenvalue weighted by Gasteiger charge is -2.19. The van der Waals surface area contributed by atoms with Crippen LogP contribution in [0.5, 0.6) is 0 Å². The van der Waals surface area contributed by atoms with Gasteiger partial charge in [-0.25, -0.2) is 4.98 Å². The molecule has 5 heteroatoms. The molecule has 0 unspecified atom stereocenters. The van der Waals surface area contributed by atoms with Gasteiger partial charge in [-0.15, -0.1) is 0 Å². The maximum Gasteiger partial charge on any atom is 0.238 e. The molecule has 0 radical (unpaired) electrons. The number of furan rings is 1. The van der Waals surface area contributed by atoms with Gasteiger partial charge in [0.25, 0.3) is 0 Å². The van der Waals surface area contributed by atoms with Gasteiger partial charge in [0.2, 0.25) is 5.95 Å². The molecule has 0 spiro atoms. The van der Waals surface area contributed by atoms with Crippen molar-refractivity contribution in [2.45, 2.75) is 0 Å². The Labute approximate surface area is 438 Å². The van der Waals surface area contributed by atoms with Gasteiger partial charge in [0, 0.05) is 38.1 Å². The van der Waals surface area contributed by atoms with Gasteiger partial charge in [-0.3, -0.25) is 4.57 Å². The number of para-hydroxylation sites is 1. The summed E-state index contributed by atoms with van der Waals surface area (Å²) in [7, 11) is 0. The highest BCUT2D eigenvalue weighted by molar-refractivity contribution is 6.27. The van der Waals surface area contributed by atoms with E-state index in [2.05, 4.69) is 265 Å². The van der Waals surface area contributed by atoms with Crippen LogP contribution in [-0.4, -0.2) is 19.5 Å². The fourth-order valence-electron chi connectivity index (χ4n) is 11.5. The lowest BCUT2D eigenvalue weighted by molar-refractivity contribution is 0.669. The molecule has 0 aliphatic heterocycles. The van der Waals surface area contributed by atoms with Crippen molar-refractivity contribution in [3.63, 3.8) is 0 Å². The summed E-state index contributed by atoms with van der Waals surface area (Å²) in [6.07, 6.45) is 0. The summed E-state index contributed by atoms with van der Waals surface area (Å²) >= 11 is 0. The predicted octanol–water partition coefficient (Wildman–Crippen LogP) is 18.8. The molecule has 5 nitrogen and oxygen atoms in total. The molecule has 0 fully saturated rings. The standard InChI is InChI=1S/C71H44N4O/c1-5-20-45(21-6-1)46-36-38-50(39-37-46)69-72-70(54-42-58(47-22-7-2-8-23-47)65(49-26-11-4-12-27-49)59(43-54)48-24-9-3-10-25-48)74-71(73-69)75-62-34-18-17-32-57(62)67-60(41-53-30-15-16-31-55(53)68(67)75)56-33-19-35-63-66(56)61-40-51-28-13-14-29-52(51)44-64(61)76-63/h1-44H. The van der Waals surface area contributed by atoms with E-state index in [1.54, 1.807) is 0 Å². The largest absolute Gasteiger partial charge is 0.456 e. The molecule has 0 atom stereocenters. The van der Waals surface area contributed by atoms with E-state index in [1.165, 1.54) is 5.39 Å². The smallest absolute Gasteiger partial charge is 0.238 e. The van der Waals surface area contributed by atoms with Crippen LogP contribution in [0.2, 0.25) is 0 Å². The highest BCUT2D eigenvalue weighted by atomic mass is 16.3. The van der Waals surface area contributed by atoms with Crippen molar-refractivity contribution in [1.29, 1.82) is 0 Å². The Morgan fingerprint density at radius 2 is 0.816 bits per heavy atom. The first-order chi connectivity index (χ1) is 37.7. The van der Waals surface area contributed by atoms with Gasteiger partial charge < -0.3 is 4.42 Å². The van der Waals surface area contributed by atoms with Crippen molar-refractivity contribution < 1.29 is 4.42 Å². The van der Waals surface area contributed by atoms with Crippen molar-refractivity contribution in [2.24, 2.45) is 0 Å². The summed E-state index contributed by atoms with van der Waals surface area (Å²) in [5.41, 5.74) is 16.6. The van der Waals surface area contributed by atoms with Crippen LogP contribution in [0.4, 0.5) is 0 Å². The minimum atomic E-state index is 0.522. The van der Waals surface area contributed by atoms with Gasteiger partial charge in [0.15, 0.2) is 11.6 Å². The average molecular weight is 969 g/mol. The van der Waals surface area contributed by atoms with Crippen LogP contribution in [0.25, 0.3) is 150 Å². The number of hydrogen-bond acceptors (Lipinski definition) is 4. The number of rotatable bonds is 8. The maximum atomic E-state index is 6.70. The Morgan fingerprint density at radius 3 is 1.49 bits per heavy atom. The zero-order valence-corrected chi connectivity index (χ0v) is 41.1. The van der Waals surface area contributed by atoms with E-state index in [0.29, 0.717) is 17.6 Å². The van der Waals surface area contributed by atoms with Crippen LogP contribution >= 0.6 is 0 Å². The normalized spacial score (nSPS) is 11.7. The van der Waals surface area contributed by atoms with Gasteiger partial charge in [0.05, 0.1) is 11.0 Å². The third-order valence-corrected chi connectivity index (χ3v) is 15.0. The van der Waals surface area contributed by atoms with Crippen LogP contribution in [0, 0.1) is 0 Å². The molecule has 15 rings (SSSR count). The number of hydrogen-bond donors (Lipinski definition) is 0. The second-order valence-electron chi connectivity index (χ2n) is 19.5. The SMILES string of the molecule is c1ccc(-c2ccc(-c3nc(-c4cc(-c5ccccc5)c(-c5ccccc5)c(-c5ccccc5)c4)nc(-n4c5ccccc5c5c(-c6cccc7oc8cc9ccccc9cc8c67)cc6ccccc6c54)n3)cc2)cc1. The van der Waals surface area contributed by atoms with Crippen molar-refractivity contribution >= 4 is 65.3 Å². The Morgan fingerprint density at radius 1 is 0.289 bits per heavy atom. The first kappa shape index (κ1) is 43.4. The Kier molecular flexibility index (Phi) is 10.1. The van der Waals surface area contributed by atoms with Crippen LogP contribution in [0.3, 0.4) is 0 Å². The third kappa shape index (κ3) is 7.20. The molecule has 0 saturated carbocycles. The average Bonchev–Trinajstić information content (AvgIpc) is 4.08. The second-order valence-corrected chi connectivity index (χ2v) is 19.5. The fourth-order valence-corrected chi connectivity index (χ4v) is 11.5. The zero-order valence-electron chi connectivity index (χ0n) is 41.1. The molecule has 0 aliphatic carbocycles. The predicted molar refractivity (Wildman–Crippen MR) is 315 cm³/mol. The van der Waals surface area contributed by atoms with Gasteiger partial charge in [-0.05, 0) is 114 Å². The molecule has 12 aromatic carbocycles. The lowest BCUT2D eigenvalue weighted by Crippen LogP contribution is -2.07. The molecule has 354 valence electrons. The van der Waals surface area contributed by atoms with E-state index in [4.69, 9.17) is 19.4 Å². The zero-order chi connectivity index (χ0) is 50.1. The Balaban J connectivity index is 1.04. The lowest BCUT2D eigenvalue weighted by atomic mass is 9.86. The number of fused-ring (bicyclic) bond motifs is 9. The molecule has 0 bridgehead atoms. The van der Waals surface area contributed by atoms with Gasteiger partial charge in [-0.1, -0.05) is 224 Å². The van der Waals surface area contributed by atoms with E-state index in [0.717, 1.165) is 127 Å². The number of aromatic nitrogens is 4. The second kappa shape index (κ2) is 17.8. The summed E-state index contributed by atoms with van der Waals surface area (Å²) in [6, 6.07) is 94.7. The van der Waals surface area contributed by atoms with E-state index in [-0.39, 0.29) is 0 Å². The molecular weight excluding hydrogens is 925 g/mol. The van der Waals surface area contributed by atoms with Gasteiger partial charge in [0.1, 0.15) is 11.2 Å². The quantitative estimate of drug-likeness (QED) is 0.152. The highest BCUT2D eigenvalue weighted by Gasteiger charge is 2.25. The topological polar surface area (TPSA) is 56.7 Å². The first-order valence-corrected chi connectivity index (χ1v) is 25.7. The molecule has 3 aromatic heterocycles. The van der Waals surface area contributed by atoms with E-state index >= 15 is 0 Å². The molecule has 0 aliphatic rings. The van der Waals surface area contributed by atoms with Crippen LogP contribution < -0.4 is 0 Å². The Bertz CT molecular complexity index is 4660. The molecule has 0 saturated heterocycles. The summed E-state index contributed by atoms with van der Waals surface area (Å²) in [4.78, 5) is 16.7.